The van der Waals surface area contributed by atoms with Crippen LogP contribution in [0.1, 0.15) is 11.1 Å². The summed E-state index contributed by atoms with van der Waals surface area (Å²) in [6.07, 6.45) is 1.87. The highest BCUT2D eigenvalue weighted by molar-refractivity contribution is 6.05. The number of ether oxygens (including phenoxy) is 1. The summed E-state index contributed by atoms with van der Waals surface area (Å²) >= 11 is 0. The second-order valence-corrected chi connectivity index (χ2v) is 8.31. The monoisotopic (exact) mass is 470 g/mol. The van der Waals surface area contributed by atoms with E-state index >= 15 is 0 Å². The lowest BCUT2D eigenvalue weighted by Crippen LogP contribution is -2.44. The van der Waals surface area contributed by atoms with Crippen molar-refractivity contribution in [2.45, 2.75) is 19.4 Å². The Labute approximate surface area is 199 Å². The molecule has 1 amide bonds. The molecule has 0 unspecified atom stereocenters. The Bertz CT molecular complexity index is 1650. The maximum absolute atomic E-state index is 12.5. The molecule has 0 aliphatic heterocycles. The van der Waals surface area contributed by atoms with Crippen molar-refractivity contribution in [1.29, 1.82) is 0 Å². The lowest BCUT2D eigenvalue weighted by atomic mass is 10.0. The fourth-order valence-electron chi connectivity index (χ4n) is 4.32. The van der Waals surface area contributed by atoms with E-state index in [1.54, 1.807) is 37.4 Å². The Morgan fingerprint density at radius 2 is 1.71 bits per heavy atom. The molecule has 3 aromatic carbocycles. The summed E-state index contributed by atoms with van der Waals surface area (Å²) in [7, 11) is 0. The van der Waals surface area contributed by atoms with Crippen molar-refractivity contribution in [2.24, 2.45) is 0 Å². The van der Waals surface area contributed by atoms with Gasteiger partial charge in [-0.15, -0.1) is 0 Å². The van der Waals surface area contributed by atoms with Crippen molar-refractivity contribution in [3.05, 3.63) is 88.4 Å². The number of benzene rings is 3. The van der Waals surface area contributed by atoms with Crippen LogP contribution in [0.5, 0.6) is 5.75 Å². The number of H-pyrrole nitrogens is 1. The van der Waals surface area contributed by atoms with Gasteiger partial charge < -0.3 is 24.6 Å². The lowest BCUT2D eigenvalue weighted by Gasteiger charge is -2.15. The van der Waals surface area contributed by atoms with Gasteiger partial charge in [0.1, 0.15) is 17.4 Å². The minimum Gasteiger partial charge on any atom is -0.483 e. The van der Waals surface area contributed by atoms with E-state index in [4.69, 9.17) is 9.15 Å². The molecule has 0 fully saturated rings. The highest BCUT2D eigenvalue weighted by Crippen LogP contribution is 2.30. The number of aryl methyl sites for hydroxylation is 1. The molecular weight excluding hydrogens is 448 g/mol. The van der Waals surface area contributed by atoms with Crippen LogP contribution in [0, 0.1) is 6.92 Å². The Hall–Kier alpha value is -4.59. The summed E-state index contributed by atoms with van der Waals surface area (Å²) in [6.45, 7) is 1.35. The molecule has 1 atom stereocenters. The lowest BCUT2D eigenvalue weighted by molar-refractivity contribution is -0.142. The van der Waals surface area contributed by atoms with Crippen LogP contribution in [0.15, 0.2) is 76.1 Å². The number of amides is 1. The van der Waals surface area contributed by atoms with Gasteiger partial charge in [-0.05, 0) is 42.1 Å². The molecule has 2 aromatic heterocycles. The predicted octanol–water partition coefficient (Wildman–Crippen LogP) is 3.93. The Balaban J connectivity index is 1.32. The van der Waals surface area contributed by atoms with Gasteiger partial charge in [0.2, 0.25) is 0 Å². The normalized spacial score (nSPS) is 12.1. The number of carboxylic acid groups (broad SMARTS) is 1. The second-order valence-electron chi connectivity index (χ2n) is 8.31. The van der Waals surface area contributed by atoms with E-state index in [0.717, 1.165) is 27.2 Å². The first-order chi connectivity index (χ1) is 16.9. The van der Waals surface area contributed by atoms with Gasteiger partial charge in [-0.3, -0.25) is 4.79 Å². The topological polar surface area (TPSA) is 122 Å². The molecule has 0 saturated heterocycles. The van der Waals surface area contributed by atoms with Crippen LogP contribution in [0.2, 0.25) is 0 Å². The van der Waals surface area contributed by atoms with Crippen molar-refractivity contribution in [2.75, 3.05) is 6.61 Å². The third-order valence-corrected chi connectivity index (χ3v) is 6.08. The average molecular weight is 470 g/mol. The zero-order valence-electron chi connectivity index (χ0n) is 18.8. The van der Waals surface area contributed by atoms with E-state index in [0.29, 0.717) is 22.3 Å². The maximum Gasteiger partial charge on any atom is 0.344 e. The average Bonchev–Trinajstić information content (AvgIpc) is 3.26. The number of nitrogens with one attached hydrogen (secondary N) is 2. The standard InChI is InChI=1S/C27H22N2O6/c1-15-23(11-10-19-18-7-2-3-8-20(18)27(33)35-25(15)19)34-14-24(30)29-22(26(31)32)12-16-13-28-21-9-5-4-6-17(16)21/h2-11,13,22,28H,12,14H2,1H3,(H,29,30)(H,31,32)/t22-/m0/s1. The second kappa shape index (κ2) is 8.98. The number of rotatable bonds is 7. The molecule has 0 aliphatic carbocycles. The van der Waals surface area contributed by atoms with Crippen molar-refractivity contribution in [3.63, 3.8) is 0 Å². The van der Waals surface area contributed by atoms with Gasteiger partial charge in [0, 0.05) is 34.5 Å². The third kappa shape index (κ3) is 4.21. The number of para-hydroxylation sites is 1. The molecule has 3 N–H and O–H groups in total. The first-order valence-corrected chi connectivity index (χ1v) is 11.1. The summed E-state index contributed by atoms with van der Waals surface area (Å²) in [6, 6.07) is 17.1. The number of aromatic amines is 1. The molecule has 0 bridgehead atoms. The van der Waals surface area contributed by atoms with Gasteiger partial charge >= 0.3 is 11.6 Å². The number of hydrogen-bond donors (Lipinski definition) is 3. The molecule has 0 aliphatic rings. The number of carbonyl (C=O) groups is 2. The Morgan fingerprint density at radius 1 is 1.00 bits per heavy atom. The molecule has 5 rings (SSSR count). The van der Waals surface area contributed by atoms with Crippen LogP contribution in [-0.4, -0.2) is 34.6 Å². The largest absolute Gasteiger partial charge is 0.483 e. The molecule has 2 heterocycles. The molecule has 35 heavy (non-hydrogen) atoms. The number of aliphatic carboxylic acids is 1. The quantitative estimate of drug-likeness (QED) is 0.245. The molecule has 5 aromatic rings. The van der Waals surface area contributed by atoms with Gasteiger partial charge in [0.15, 0.2) is 6.61 Å². The Kier molecular flexibility index (Phi) is 5.70. The maximum atomic E-state index is 12.5. The molecule has 176 valence electrons. The molecule has 0 radical (unpaired) electrons. The molecule has 8 nitrogen and oxygen atoms in total. The van der Waals surface area contributed by atoms with Crippen LogP contribution in [0.4, 0.5) is 0 Å². The van der Waals surface area contributed by atoms with E-state index in [1.165, 1.54) is 0 Å². The number of hydrogen-bond acceptors (Lipinski definition) is 5. The van der Waals surface area contributed by atoms with E-state index in [9.17, 15) is 19.5 Å². The molecule has 0 saturated carbocycles. The summed E-state index contributed by atoms with van der Waals surface area (Å²) < 4.78 is 11.2. The van der Waals surface area contributed by atoms with Gasteiger partial charge in [-0.2, -0.15) is 0 Å². The van der Waals surface area contributed by atoms with Crippen molar-refractivity contribution >= 4 is 44.5 Å². The summed E-state index contributed by atoms with van der Waals surface area (Å²) in [5.41, 5.74) is 2.20. The molecule has 8 heteroatoms. The minimum absolute atomic E-state index is 0.123. The first kappa shape index (κ1) is 22.2. The summed E-state index contributed by atoms with van der Waals surface area (Å²) in [4.78, 5) is 39.8. The number of fused-ring (bicyclic) bond motifs is 4. The third-order valence-electron chi connectivity index (χ3n) is 6.08. The van der Waals surface area contributed by atoms with E-state index in [2.05, 4.69) is 10.3 Å². The number of aromatic nitrogens is 1. The van der Waals surface area contributed by atoms with Crippen LogP contribution >= 0.6 is 0 Å². The van der Waals surface area contributed by atoms with E-state index in [-0.39, 0.29) is 13.0 Å². The molecule has 0 spiro atoms. The number of carbonyl (C=O) groups excluding carboxylic acids is 1. The van der Waals surface area contributed by atoms with Gasteiger partial charge in [-0.1, -0.05) is 36.4 Å². The van der Waals surface area contributed by atoms with Gasteiger partial charge in [0.25, 0.3) is 5.91 Å². The fourth-order valence-corrected chi connectivity index (χ4v) is 4.32. The number of carboxylic acids is 1. The van der Waals surface area contributed by atoms with Crippen molar-refractivity contribution in [1.82, 2.24) is 10.3 Å². The van der Waals surface area contributed by atoms with Crippen LogP contribution in [-0.2, 0) is 16.0 Å². The van der Waals surface area contributed by atoms with Crippen LogP contribution in [0.3, 0.4) is 0 Å². The predicted molar refractivity (Wildman–Crippen MR) is 132 cm³/mol. The summed E-state index contributed by atoms with van der Waals surface area (Å²) in [5, 5.41) is 15.1. The van der Waals surface area contributed by atoms with E-state index < -0.39 is 23.5 Å². The van der Waals surface area contributed by atoms with E-state index in [1.807, 2.05) is 36.4 Å². The summed E-state index contributed by atoms with van der Waals surface area (Å²) in [5.74, 6) is -1.34. The molecular formula is C27H22N2O6. The minimum atomic E-state index is -1.14. The van der Waals surface area contributed by atoms with Crippen LogP contribution < -0.4 is 15.7 Å². The highest BCUT2D eigenvalue weighted by Gasteiger charge is 2.22. The fraction of sp³-hybridized carbons (Fsp3) is 0.148. The Morgan fingerprint density at radius 3 is 2.49 bits per heavy atom. The van der Waals surface area contributed by atoms with Gasteiger partial charge in [0.05, 0.1) is 5.39 Å². The first-order valence-electron chi connectivity index (χ1n) is 11.1. The zero-order valence-corrected chi connectivity index (χ0v) is 18.8. The van der Waals surface area contributed by atoms with Crippen molar-refractivity contribution in [3.8, 4) is 5.75 Å². The smallest absolute Gasteiger partial charge is 0.344 e. The van der Waals surface area contributed by atoms with Gasteiger partial charge in [-0.25, -0.2) is 9.59 Å². The highest BCUT2D eigenvalue weighted by atomic mass is 16.5. The van der Waals surface area contributed by atoms with Crippen LogP contribution in [0.25, 0.3) is 32.6 Å². The van der Waals surface area contributed by atoms with Crippen molar-refractivity contribution < 1.29 is 23.8 Å². The zero-order chi connectivity index (χ0) is 24.5. The SMILES string of the molecule is Cc1c(OCC(=O)N[C@@H](Cc2c[nH]c3ccccc23)C(=O)O)ccc2c1oc(=O)c1ccccc12.